The van der Waals surface area contributed by atoms with E-state index in [2.05, 4.69) is 34.6 Å². The number of hydrogen-bond donors (Lipinski definition) is 0. The van der Waals surface area contributed by atoms with Gasteiger partial charge in [0.25, 0.3) is 0 Å². The monoisotopic (exact) mass is 308 g/mol. The lowest BCUT2D eigenvalue weighted by molar-refractivity contribution is 0.112. The topological polar surface area (TPSA) is 17.1 Å². The van der Waals surface area contributed by atoms with Crippen molar-refractivity contribution in [3.05, 3.63) is 20.9 Å². The minimum absolute atomic E-state index is 0.450. The lowest BCUT2D eigenvalue weighted by atomic mass is 9.95. The Morgan fingerprint density at radius 3 is 2.00 bits per heavy atom. The quantitative estimate of drug-likeness (QED) is 0.347. The third-order valence-corrected chi connectivity index (χ3v) is 5.90. The molecule has 0 amide bonds. The van der Waals surface area contributed by atoms with Gasteiger partial charge < -0.3 is 0 Å². The van der Waals surface area contributed by atoms with Gasteiger partial charge in [-0.25, -0.2) is 0 Å². The summed E-state index contributed by atoms with van der Waals surface area (Å²) >= 11 is 1.87. The summed E-state index contributed by atoms with van der Waals surface area (Å²) < 4.78 is 0. The summed E-state index contributed by atoms with van der Waals surface area (Å²) in [5.74, 6) is 0.974. The molecule has 0 aliphatic rings. The first kappa shape index (κ1) is 18.4. The molecule has 1 aromatic rings. The molecule has 1 rings (SSSR count). The summed E-state index contributed by atoms with van der Waals surface area (Å²) in [4.78, 5) is 14.3. The summed E-state index contributed by atoms with van der Waals surface area (Å²) in [5, 5.41) is 0. The van der Waals surface area contributed by atoms with Gasteiger partial charge in [0.1, 0.15) is 0 Å². The molecule has 0 N–H and O–H groups in total. The zero-order valence-electron chi connectivity index (χ0n) is 14.5. The van der Waals surface area contributed by atoms with Gasteiger partial charge >= 0.3 is 0 Å². The lowest BCUT2D eigenvalue weighted by Gasteiger charge is -2.08. The van der Waals surface area contributed by atoms with Crippen molar-refractivity contribution in [2.45, 2.75) is 91.4 Å². The van der Waals surface area contributed by atoms with Crippen LogP contribution in [0.25, 0.3) is 0 Å². The number of carbonyl (C=O) groups excluding carboxylic acids is 1. The molecular weight excluding hydrogens is 276 g/mol. The molecule has 0 fully saturated rings. The van der Waals surface area contributed by atoms with Gasteiger partial charge in [0, 0.05) is 15.3 Å². The van der Waals surface area contributed by atoms with Gasteiger partial charge in [0.05, 0.1) is 0 Å². The molecule has 21 heavy (non-hydrogen) atoms. The van der Waals surface area contributed by atoms with E-state index < -0.39 is 0 Å². The van der Waals surface area contributed by atoms with Crippen molar-refractivity contribution in [1.29, 1.82) is 0 Å². The van der Waals surface area contributed by atoms with Gasteiger partial charge in [0.15, 0.2) is 6.29 Å². The molecule has 0 aromatic carbocycles. The van der Waals surface area contributed by atoms with Gasteiger partial charge in [-0.05, 0) is 30.2 Å². The summed E-state index contributed by atoms with van der Waals surface area (Å²) in [7, 11) is 0. The van der Waals surface area contributed by atoms with Crippen LogP contribution in [-0.4, -0.2) is 6.29 Å². The molecule has 1 nitrogen and oxygen atoms in total. The van der Waals surface area contributed by atoms with Gasteiger partial charge in [-0.2, -0.15) is 0 Å². The number of carbonyl (C=O) groups is 1. The summed E-state index contributed by atoms with van der Waals surface area (Å²) in [5.41, 5.74) is 2.36. The lowest BCUT2D eigenvalue weighted by Crippen LogP contribution is -1.97. The first-order chi connectivity index (χ1) is 10.0. The van der Waals surface area contributed by atoms with Crippen molar-refractivity contribution in [2.75, 3.05) is 0 Å². The minimum atomic E-state index is 0.450. The van der Waals surface area contributed by atoms with Crippen molar-refractivity contribution < 1.29 is 4.79 Å². The molecule has 2 heteroatoms. The van der Waals surface area contributed by atoms with Gasteiger partial charge in [0.2, 0.25) is 0 Å². The summed E-state index contributed by atoms with van der Waals surface area (Å²) in [6, 6.07) is 0. The number of aldehydes is 1. The maximum Gasteiger partial charge on any atom is 0.151 e. The first-order valence-corrected chi connectivity index (χ1v) is 9.45. The van der Waals surface area contributed by atoms with Gasteiger partial charge in [-0.3, -0.25) is 4.79 Å². The van der Waals surface area contributed by atoms with Crippen LogP contribution in [0.2, 0.25) is 0 Å². The van der Waals surface area contributed by atoms with Crippen LogP contribution < -0.4 is 0 Å². The predicted octanol–water partition coefficient (Wildman–Crippen LogP) is 6.71. The van der Waals surface area contributed by atoms with E-state index >= 15 is 0 Å². The molecule has 1 aromatic heterocycles. The van der Waals surface area contributed by atoms with Crippen LogP contribution in [0.3, 0.4) is 0 Å². The van der Waals surface area contributed by atoms with E-state index in [0.717, 1.165) is 18.3 Å². The standard InChI is InChI=1S/C19H32OS/c1-6-7-8-9-10-11-12-16-17(13-20)19(15(4)5)21-18(16)14(2)3/h13-15H,6-12H2,1-5H3. The molecule has 0 saturated heterocycles. The van der Waals surface area contributed by atoms with E-state index in [-0.39, 0.29) is 0 Å². The summed E-state index contributed by atoms with van der Waals surface area (Å²) in [6.07, 6.45) is 10.0. The van der Waals surface area contributed by atoms with Crippen molar-refractivity contribution >= 4 is 17.6 Å². The number of thiophene rings is 1. The molecule has 0 spiro atoms. The zero-order valence-corrected chi connectivity index (χ0v) is 15.3. The molecule has 0 unspecified atom stereocenters. The van der Waals surface area contributed by atoms with E-state index in [1.807, 2.05) is 11.3 Å². The number of hydrogen-bond acceptors (Lipinski definition) is 2. The van der Waals surface area contributed by atoms with E-state index in [4.69, 9.17) is 0 Å². The smallest absolute Gasteiger partial charge is 0.151 e. The van der Waals surface area contributed by atoms with Crippen LogP contribution >= 0.6 is 11.3 Å². The fourth-order valence-corrected chi connectivity index (χ4v) is 4.21. The normalized spacial score (nSPS) is 11.6. The predicted molar refractivity (Wildman–Crippen MR) is 95.0 cm³/mol. The molecule has 0 aliphatic carbocycles. The van der Waals surface area contributed by atoms with Crippen LogP contribution in [-0.2, 0) is 6.42 Å². The minimum Gasteiger partial charge on any atom is -0.298 e. The van der Waals surface area contributed by atoms with Crippen molar-refractivity contribution in [3.8, 4) is 0 Å². The number of unbranched alkanes of at least 4 members (excludes halogenated alkanes) is 5. The highest BCUT2D eigenvalue weighted by atomic mass is 32.1. The Hall–Kier alpha value is -0.630. The third kappa shape index (κ3) is 5.25. The van der Waals surface area contributed by atoms with Crippen molar-refractivity contribution in [2.24, 2.45) is 0 Å². The largest absolute Gasteiger partial charge is 0.298 e. The van der Waals surface area contributed by atoms with E-state index in [0.29, 0.717) is 11.8 Å². The Morgan fingerprint density at radius 1 is 0.905 bits per heavy atom. The van der Waals surface area contributed by atoms with Crippen LogP contribution in [0, 0.1) is 0 Å². The van der Waals surface area contributed by atoms with Crippen LogP contribution in [0.15, 0.2) is 0 Å². The molecule has 0 bridgehead atoms. The molecule has 0 saturated carbocycles. The maximum atomic E-state index is 11.6. The Labute approximate surface area is 135 Å². The van der Waals surface area contributed by atoms with E-state index in [1.54, 1.807) is 0 Å². The molecule has 1 heterocycles. The molecule has 120 valence electrons. The summed E-state index contributed by atoms with van der Waals surface area (Å²) in [6.45, 7) is 11.1. The fraction of sp³-hybridized carbons (Fsp3) is 0.737. The van der Waals surface area contributed by atoms with Crippen LogP contribution in [0.4, 0.5) is 0 Å². The van der Waals surface area contributed by atoms with Crippen LogP contribution in [0.5, 0.6) is 0 Å². The van der Waals surface area contributed by atoms with Crippen molar-refractivity contribution in [1.82, 2.24) is 0 Å². The Kier molecular flexibility index (Phi) is 8.24. The third-order valence-electron chi connectivity index (χ3n) is 4.05. The Morgan fingerprint density at radius 2 is 1.48 bits per heavy atom. The fourth-order valence-electron chi connectivity index (χ4n) is 2.88. The highest BCUT2D eigenvalue weighted by Gasteiger charge is 2.20. The Bertz CT molecular complexity index is 429. The van der Waals surface area contributed by atoms with E-state index in [9.17, 15) is 4.79 Å². The highest BCUT2D eigenvalue weighted by Crippen LogP contribution is 2.38. The van der Waals surface area contributed by atoms with Crippen LogP contribution in [0.1, 0.15) is 111 Å². The number of rotatable bonds is 10. The molecule has 0 atom stereocenters. The second-order valence-electron chi connectivity index (χ2n) is 6.67. The highest BCUT2D eigenvalue weighted by molar-refractivity contribution is 7.12. The van der Waals surface area contributed by atoms with E-state index in [1.165, 1.54) is 53.8 Å². The second kappa shape index (κ2) is 9.40. The SMILES string of the molecule is CCCCCCCCc1c(C(C)C)sc(C(C)C)c1C=O. The second-order valence-corrected chi connectivity index (χ2v) is 7.75. The molecular formula is C19H32OS. The van der Waals surface area contributed by atoms with Crippen molar-refractivity contribution in [3.63, 3.8) is 0 Å². The first-order valence-electron chi connectivity index (χ1n) is 8.63. The van der Waals surface area contributed by atoms with Gasteiger partial charge in [-0.15, -0.1) is 11.3 Å². The zero-order chi connectivity index (χ0) is 15.8. The molecule has 0 radical (unpaired) electrons. The average molecular weight is 309 g/mol. The average Bonchev–Trinajstić information content (AvgIpc) is 2.81. The maximum absolute atomic E-state index is 11.6. The Balaban J connectivity index is 2.76. The van der Waals surface area contributed by atoms with Gasteiger partial charge in [-0.1, -0.05) is 66.7 Å². The molecule has 0 aliphatic heterocycles.